The number of para-hydroxylation sites is 1. The number of fused-ring (bicyclic) bond motifs is 4. The van der Waals surface area contributed by atoms with Crippen LogP contribution in [0.25, 0.3) is 34.1 Å². The Labute approximate surface area is 115 Å². The average Bonchev–Trinajstić information content (AvgIpc) is 2.79. The monoisotopic (exact) mass is 269 g/mol. The van der Waals surface area contributed by atoms with Crippen LogP contribution < -0.4 is 15.1 Å². The molecule has 2 nitrogen and oxygen atoms in total. The van der Waals surface area contributed by atoms with Gasteiger partial charge in [-0.1, -0.05) is 23.7 Å². The van der Waals surface area contributed by atoms with E-state index in [1.165, 1.54) is 21.5 Å². The summed E-state index contributed by atoms with van der Waals surface area (Å²) in [6, 6.07) is 8.29. The van der Waals surface area contributed by atoms with Gasteiger partial charge in [0.2, 0.25) is 10.9 Å². The molecule has 0 radical (unpaired) electrons. The van der Waals surface area contributed by atoms with Gasteiger partial charge in [-0.25, -0.2) is 0 Å². The first kappa shape index (κ1) is 11.1. The number of hydrogen-bond donors (Lipinski definition) is 1. The minimum absolute atomic E-state index is 0.777. The van der Waals surface area contributed by atoms with E-state index in [1.54, 1.807) is 0 Å². The van der Waals surface area contributed by atoms with Crippen molar-refractivity contribution in [3.05, 3.63) is 39.9 Å². The molecule has 0 aliphatic heterocycles. The molecule has 3 aromatic rings. The number of aromatic nitrogens is 2. The van der Waals surface area contributed by atoms with Crippen molar-refractivity contribution in [3.63, 3.8) is 0 Å². The highest BCUT2D eigenvalue weighted by Gasteiger charge is 2.17. The molecule has 1 aliphatic rings. The molecule has 1 aromatic carbocycles. The average molecular weight is 270 g/mol. The predicted molar refractivity (Wildman–Crippen MR) is 79.4 cm³/mol. The van der Waals surface area contributed by atoms with E-state index in [4.69, 9.17) is 11.6 Å². The zero-order valence-corrected chi connectivity index (χ0v) is 11.5. The van der Waals surface area contributed by atoms with Gasteiger partial charge in [-0.15, -0.1) is 0 Å². The Morgan fingerprint density at radius 3 is 2.95 bits per heavy atom. The van der Waals surface area contributed by atoms with Crippen LogP contribution in [-0.2, 0) is 7.05 Å². The van der Waals surface area contributed by atoms with E-state index < -0.39 is 0 Å². The molecule has 0 amide bonds. The Bertz CT molecular complexity index is 935. The molecule has 2 aromatic heterocycles. The van der Waals surface area contributed by atoms with Gasteiger partial charge in [-0.2, -0.15) is 4.57 Å². The van der Waals surface area contributed by atoms with Crippen molar-refractivity contribution >= 4 is 45.7 Å². The first-order valence-corrected chi connectivity index (χ1v) is 6.93. The fraction of sp³-hybridized carbons (Fsp3) is 0.188. The zero-order valence-electron chi connectivity index (χ0n) is 10.7. The maximum atomic E-state index is 6.28. The maximum absolute atomic E-state index is 6.28. The van der Waals surface area contributed by atoms with Crippen molar-refractivity contribution in [2.75, 3.05) is 0 Å². The smallest absolute Gasteiger partial charge is 0.238 e. The predicted octanol–water partition coefficient (Wildman–Crippen LogP) is 2.15. The molecular formula is C16H14ClN2+. The minimum atomic E-state index is 0.777. The number of aryl methyl sites for hydroxylation is 1. The maximum Gasteiger partial charge on any atom is 0.238 e. The third-order valence-corrected chi connectivity index (χ3v) is 4.26. The zero-order chi connectivity index (χ0) is 13.0. The molecule has 1 aliphatic carbocycles. The van der Waals surface area contributed by atoms with Gasteiger partial charge >= 0.3 is 0 Å². The Morgan fingerprint density at radius 1 is 1.21 bits per heavy atom. The molecule has 1 N–H and O–H groups in total. The summed E-state index contributed by atoms with van der Waals surface area (Å²) in [5.74, 6) is 0. The summed E-state index contributed by atoms with van der Waals surface area (Å²) in [6.07, 6.45) is 6.87. The Kier molecular flexibility index (Phi) is 2.24. The lowest BCUT2D eigenvalue weighted by Crippen LogP contribution is -2.55. The van der Waals surface area contributed by atoms with Gasteiger partial charge in [0.15, 0.2) is 0 Å². The largest absolute Gasteiger partial charge is 0.348 e. The number of halogens is 1. The number of rotatable bonds is 0. The molecule has 2 heterocycles. The summed E-state index contributed by atoms with van der Waals surface area (Å²) in [5, 5.41) is 4.58. The van der Waals surface area contributed by atoms with Crippen LogP contribution in [0.5, 0.6) is 0 Å². The highest BCUT2D eigenvalue weighted by atomic mass is 35.5. The molecule has 0 spiro atoms. The molecule has 3 heteroatoms. The van der Waals surface area contributed by atoms with Gasteiger partial charge in [0.1, 0.15) is 12.6 Å². The molecule has 0 unspecified atom stereocenters. The number of hydrogen-bond acceptors (Lipinski definition) is 0. The summed E-state index contributed by atoms with van der Waals surface area (Å²) in [7, 11) is 2.13. The standard InChI is InChI=1S/C16H13ClN2/c1-19-14-8-3-2-5-10(14)9-13-16(19)11-6-4-7-12(17)15(11)18-13/h4-9H,2-3H2,1H3/p+1. The number of nitrogens with zero attached hydrogens (tertiary/aromatic N) is 1. The van der Waals surface area contributed by atoms with E-state index in [-0.39, 0.29) is 0 Å². The lowest BCUT2D eigenvalue weighted by Gasteiger charge is -1.99. The van der Waals surface area contributed by atoms with E-state index in [2.05, 4.69) is 40.9 Å². The summed E-state index contributed by atoms with van der Waals surface area (Å²) in [4.78, 5) is 3.45. The van der Waals surface area contributed by atoms with E-state index in [9.17, 15) is 0 Å². The molecule has 94 valence electrons. The SMILES string of the molecule is C[n+]1c2c(cc3[nH]c4c(Cl)cccc4c31)=CCCC=2. The number of pyridine rings is 1. The fourth-order valence-corrected chi connectivity index (χ4v) is 3.30. The van der Waals surface area contributed by atoms with Gasteiger partial charge < -0.3 is 4.98 Å². The van der Waals surface area contributed by atoms with Gasteiger partial charge in [0.05, 0.1) is 15.9 Å². The second-order valence-electron chi connectivity index (χ2n) is 5.08. The van der Waals surface area contributed by atoms with E-state index >= 15 is 0 Å². The quantitative estimate of drug-likeness (QED) is 0.604. The molecule has 19 heavy (non-hydrogen) atoms. The number of H-pyrrole nitrogens is 1. The molecule has 0 fully saturated rings. The molecule has 0 saturated carbocycles. The molecule has 4 rings (SSSR count). The van der Waals surface area contributed by atoms with E-state index in [0.29, 0.717) is 0 Å². The van der Waals surface area contributed by atoms with Gasteiger partial charge in [-0.05, 0) is 37.1 Å². The Morgan fingerprint density at radius 2 is 2.05 bits per heavy atom. The van der Waals surface area contributed by atoms with Crippen LogP contribution >= 0.6 is 11.6 Å². The lowest BCUT2D eigenvalue weighted by molar-refractivity contribution is -0.658. The highest BCUT2D eigenvalue weighted by molar-refractivity contribution is 6.36. The van der Waals surface area contributed by atoms with Gasteiger partial charge in [-0.3, -0.25) is 0 Å². The first-order chi connectivity index (χ1) is 9.25. The van der Waals surface area contributed by atoms with Crippen LogP contribution in [0.15, 0.2) is 24.3 Å². The number of benzene rings is 1. The van der Waals surface area contributed by atoms with Crippen molar-refractivity contribution in [1.82, 2.24) is 4.98 Å². The number of aromatic amines is 1. The normalized spacial score (nSPS) is 14.2. The van der Waals surface area contributed by atoms with E-state index in [1.807, 2.05) is 12.1 Å². The summed E-state index contributed by atoms with van der Waals surface area (Å²) in [5.41, 5.74) is 3.40. The third kappa shape index (κ3) is 1.47. The second kappa shape index (κ2) is 3.84. The Balaban J connectivity index is 2.33. The van der Waals surface area contributed by atoms with Crippen LogP contribution in [0.4, 0.5) is 0 Å². The van der Waals surface area contributed by atoms with Crippen molar-refractivity contribution in [2.45, 2.75) is 12.8 Å². The van der Waals surface area contributed by atoms with Crippen LogP contribution in [-0.4, -0.2) is 4.98 Å². The van der Waals surface area contributed by atoms with Crippen molar-refractivity contribution in [3.8, 4) is 0 Å². The summed E-state index contributed by atoms with van der Waals surface area (Å²) < 4.78 is 2.27. The second-order valence-corrected chi connectivity index (χ2v) is 5.49. The van der Waals surface area contributed by atoms with Crippen LogP contribution in [0.1, 0.15) is 12.8 Å². The van der Waals surface area contributed by atoms with Gasteiger partial charge in [0, 0.05) is 5.22 Å². The summed E-state index contributed by atoms with van der Waals surface area (Å²) >= 11 is 6.28. The molecule has 0 atom stereocenters. The van der Waals surface area contributed by atoms with Crippen LogP contribution in [0.3, 0.4) is 0 Å². The van der Waals surface area contributed by atoms with Crippen molar-refractivity contribution in [2.24, 2.45) is 7.05 Å². The molecular weight excluding hydrogens is 256 g/mol. The molecule has 0 bridgehead atoms. The number of nitrogens with one attached hydrogen (secondary N) is 1. The first-order valence-electron chi connectivity index (χ1n) is 6.55. The minimum Gasteiger partial charge on any atom is -0.348 e. The van der Waals surface area contributed by atoms with Gasteiger partial charge in [0.25, 0.3) is 0 Å². The van der Waals surface area contributed by atoms with Crippen LogP contribution in [0.2, 0.25) is 5.02 Å². The van der Waals surface area contributed by atoms with Crippen molar-refractivity contribution in [1.29, 1.82) is 0 Å². The van der Waals surface area contributed by atoms with Crippen molar-refractivity contribution < 1.29 is 4.57 Å². The third-order valence-electron chi connectivity index (χ3n) is 3.94. The Hall–Kier alpha value is -1.80. The van der Waals surface area contributed by atoms with Crippen LogP contribution in [0, 0.1) is 0 Å². The van der Waals surface area contributed by atoms with E-state index in [0.717, 1.165) is 28.9 Å². The fourth-order valence-electron chi connectivity index (χ4n) is 3.07. The summed E-state index contributed by atoms with van der Waals surface area (Å²) in [6.45, 7) is 0. The molecule has 0 saturated heterocycles. The lowest BCUT2D eigenvalue weighted by atomic mass is 10.1. The highest BCUT2D eigenvalue weighted by Crippen LogP contribution is 2.27. The topological polar surface area (TPSA) is 19.7 Å².